The molecule has 0 spiro atoms. The van der Waals surface area contributed by atoms with Gasteiger partial charge in [0.2, 0.25) is 5.91 Å². The Morgan fingerprint density at radius 2 is 2.25 bits per heavy atom. The minimum absolute atomic E-state index is 0.120. The third-order valence-electron chi connectivity index (χ3n) is 2.29. The van der Waals surface area contributed by atoms with E-state index in [0.717, 1.165) is 13.1 Å². The van der Waals surface area contributed by atoms with Crippen LogP contribution < -0.4 is 5.32 Å². The van der Waals surface area contributed by atoms with Gasteiger partial charge in [-0.15, -0.1) is 0 Å². The van der Waals surface area contributed by atoms with Crippen LogP contribution in [0.5, 0.6) is 0 Å². The molecule has 0 aromatic heterocycles. The zero-order valence-corrected chi connectivity index (χ0v) is 8.13. The van der Waals surface area contributed by atoms with Gasteiger partial charge in [0.25, 0.3) is 0 Å². The first kappa shape index (κ1) is 9.52. The molecule has 1 unspecified atom stereocenters. The Hall–Kier alpha value is -0.570. The van der Waals surface area contributed by atoms with Gasteiger partial charge in [-0.2, -0.15) is 0 Å². The molecule has 1 aliphatic rings. The lowest BCUT2D eigenvalue weighted by molar-refractivity contribution is -0.133. The van der Waals surface area contributed by atoms with Crippen LogP contribution in [0.1, 0.15) is 20.3 Å². The van der Waals surface area contributed by atoms with Gasteiger partial charge in [0.15, 0.2) is 0 Å². The summed E-state index contributed by atoms with van der Waals surface area (Å²) in [5.74, 6) is 0.360. The number of likely N-dealkylation sites (N-methyl/N-ethyl adjacent to an activating group) is 1. The van der Waals surface area contributed by atoms with Gasteiger partial charge in [-0.25, -0.2) is 0 Å². The first-order chi connectivity index (χ1) is 5.61. The molecule has 1 fully saturated rings. The molecule has 1 heterocycles. The molecular formula is C9H18N2O. The third kappa shape index (κ3) is 2.21. The summed E-state index contributed by atoms with van der Waals surface area (Å²) in [6, 6.07) is 0.540. The quantitative estimate of drug-likeness (QED) is 0.667. The predicted molar refractivity (Wildman–Crippen MR) is 48.9 cm³/mol. The van der Waals surface area contributed by atoms with Gasteiger partial charge < -0.3 is 10.2 Å². The predicted octanol–water partition coefficient (Wildman–Crippen LogP) is 0.463. The SMILES string of the molecule is CC(C)C(=O)N(C)CC1CCN1. The molecule has 12 heavy (non-hydrogen) atoms. The van der Waals surface area contributed by atoms with Crippen LogP contribution in [-0.4, -0.2) is 37.0 Å². The van der Waals surface area contributed by atoms with Crippen molar-refractivity contribution in [3.05, 3.63) is 0 Å². The number of hydrogen-bond acceptors (Lipinski definition) is 2. The largest absolute Gasteiger partial charge is 0.344 e. The zero-order chi connectivity index (χ0) is 9.14. The molecule has 1 saturated heterocycles. The molecule has 1 aliphatic heterocycles. The van der Waals surface area contributed by atoms with Crippen LogP contribution in [0, 0.1) is 5.92 Å². The van der Waals surface area contributed by atoms with Crippen molar-refractivity contribution in [2.45, 2.75) is 26.3 Å². The average Bonchev–Trinajstić information content (AvgIpc) is 1.94. The van der Waals surface area contributed by atoms with E-state index in [-0.39, 0.29) is 11.8 Å². The first-order valence-corrected chi connectivity index (χ1v) is 4.59. The van der Waals surface area contributed by atoms with Gasteiger partial charge >= 0.3 is 0 Å². The van der Waals surface area contributed by atoms with Gasteiger partial charge in [0.05, 0.1) is 0 Å². The van der Waals surface area contributed by atoms with Crippen molar-refractivity contribution in [2.24, 2.45) is 5.92 Å². The number of carbonyl (C=O) groups is 1. The van der Waals surface area contributed by atoms with E-state index in [2.05, 4.69) is 5.32 Å². The molecule has 3 heteroatoms. The minimum atomic E-state index is 0.120. The summed E-state index contributed by atoms with van der Waals surface area (Å²) in [7, 11) is 1.88. The van der Waals surface area contributed by atoms with E-state index in [9.17, 15) is 4.79 Å². The lowest BCUT2D eigenvalue weighted by Crippen LogP contribution is -2.51. The summed E-state index contributed by atoms with van der Waals surface area (Å²) in [6.07, 6.45) is 1.20. The second-order valence-electron chi connectivity index (χ2n) is 3.81. The minimum Gasteiger partial charge on any atom is -0.344 e. The second kappa shape index (κ2) is 3.90. The van der Waals surface area contributed by atoms with Crippen LogP contribution in [-0.2, 0) is 4.79 Å². The molecule has 0 saturated carbocycles. The van der Waals surface area contributed by atoms with Gasteiger partial charge in [-0.1, -0.05) is 13.8 Å². The summed E-state index contributed by atoms with van der Waals surface area (Å²) in [5, 5.41) is 3.28. The van der Waals surface area contributed by atoms with E-state index in [1.54, 1.807) is 0 Å². The highest BCUT2D eigenvalue weighted by Crippen LogP contribution is 2.06. The zero-order valence-electron chi connectivity index (χ0n) is 8.13. The molecule has 1 atom stereocenters. The topological polar surface area (TPSA) is 32.3 Å². The van der Waals surface area contributed by atoms with Crippen LogP contribution >= 0.6 is 0 Å². The molecule has 0 aromatic rings. The summed E-state index contributed by atoms with van der Waals surface area (Å²) in [5.41, 5.74) is 0. The third-order valence-corrected chi connectivity index (χ3v) is 2.29. The Balaban J connectivity index is 2.26. The van der Waals surface area contributed by atoms with Crippen LogP contribution in [0.2, 0.25) is 0 Å². The Bertz CT molecular complexity index is 164. The van der Waals surface area contributed by atoms with Crippen molar-refractivity contribution in [1.29, 1.82) is 0 Å². The highest BCUT2D eigenvalue weighted by molar-refractivity contribution is 5.77. The van der Waals surface area contributed by atoms with E-state index in [4.69, 9.17) is 0 Å². The fourth-order valence-corrected chi connectivity index (χ4v) is 1.37. The van der Waals surface area contributed by atoms with Crippen LogP contribution in [0.25, 0.3) is 0 Å². The molecule has 1 amide bonds. The van der Waals surface area contributed by atoms with Crippen molar-refractivity contribution in [3.63, 3.8) is 0 Å². The first-order valence-electron chi connectivity index (χ1n) is 4.59. The number of nitrogens with one attached hydrogen (secondary N) is 1. The maximum absolute atomic E-state index is 11.4. The number of hydrogen-bond donors (Lipinski definition) is 1. The number of carbonyl (C=O) groups excluding carboxylic acids is 1. The molecule has 1 N–H and O–H groups in total. The summed E-state index contributed by atoms with van der Waals surface area (Å²) < 4.78 is 0. The molecule has 0 bridgehead atoms. The van der Waals surface area contributed by atoms with E-state index >= 15 is 0 Å². The second-order valence-corrected chi connectivity index (χ2v) is 3.81. The highest BCUT2D eigenvalue weighted by Gasteiger charge is 2.21. The van der Waals surface area contributed by atoms with E-state index in [1.165, 1.54) is 6.42 Å². The fraction of sp³-hybridized carbons (Fsp3) is 0.889. The van der Waals surface area contributed by atoms with Crippen molar-refractivity contribution in [1.82, 2.24) is 10.2 Å². The van der Waals surface area contributed by atoms with Gasteiger partial charge in [0.1, 0.15) is 0 Å². The Kier molecular flexibility index (Phi) is 3.09. The summed E-state index contributed by atoms with van der Waals surface area (Å²) >= 11 is 0. The van der Waals surface area contributed by atoms with Crippen LogP contribution in [0.4, 0.5) is 0 Å². The Morgan fingerprint density at radius 3 is 2.58 bits per heavy atom. The van der Waals surface area contributed by atoms with Crippen molar-refractivity contribution in [2.75, 3.05) is 20.1 Å². The average molecular weight is 170 g/mol. The van der Waals surface area contributed by atoms with E-state index < -0.39 is 0 Å². The smallest absolute Gasteiger partial charge is 0.224 e. The van der Waals surface area contributed by atoms with Gasteiger partial charge in [-0.05, 0) is 13.0 Å². The molecule has 0 aromatic carbocycles. The van der Waals surface area contributed by atoms with Gasteiger partial charge in [0, 0.05) is 25.6 Å². The van der Waals surface area contributed by atoms with Crippen LogP contribution in [0.15, 0.2) is 0 Å². The molecule has 3 nitrogen and oxygen atoms in total. The summed E-state index contributed by atoms with van der Waals surface area (Å²) in [4.78, 5) is 13.2. The molecule has 1 rings (SSSR count). The number of amides is 1. The lowest BCUT2D eigenvalue weighted by atomic mass is 10.1. The van der Waals surface area contributed by atoms with Gasteiger partial charge in [-0.3, -0.25) is 4.79 Å². The lowest BCUT2D eigenvalue weighted by Gasteiger charge is -2.32. The maximum atomic E-state index is 11.4. The van der Waals surface area contributed by atoms with Crippen molar-refractivity contribution >= 4 is 5.91 Å². The maximum Gasteiger partial charge on any atom is 0.224 e. The monoisotopic (exact) mass is 170 g/mol. The fourth-order valence-electron chi connectivity index (χ4n) is 1.37. The van der Waals surface area contributed by atoms with Crippen LogP contribution in [0.3, 0.4) is 0 Å². The Labute approximate surface area is 74.1 Å². The highest BCUT2D eigenvalue weighted by atomic mass is 16.2. The van der Waals surface area contributed by atoms with Crippen molar-refractivity contribution in [3.8, 4) is 0 Å². The van der Waals surface area contributed by atoms with Crippen molar-refractivity contribution < 1.29 is 4.79 Å². The summed E-state index contributed by atoms with van der Waals surface area (Å²) in [6.45, 7) is 5.84. The molecule has 70 valence electrons. The molecule has 0 aliphatic carbocycles. The normalized spacial score (nSPS) is 22.2. The van der Waals surface area contributed by atoms with E-state index in [0.29, 0.717) is 6.04 Å². The number of nitrogens with zero attached hydrogens (tertiary/aromatic N) is 1. The van der Waals surface area contributed by atoms with E-state index in [1.807, 2.05) is 25.8 Å². The standard InChI is InChI=1S/C9H18N2O/c1-7(2)9(12)11(3)6-8-4-5-10-8/h7-8,10H,4-6H2,1-3H3. The molecule has 0 radical (unpaired) electrons. The Morgan fingerprint density at radius 1 is 1.67 bits per heavy atom. The molecular weight excluding hydrogens is 152 g/mol. The number of rotatable bonds is 3.